The molecule has 0 radical (unpaired) electrons. The monoisotopic (exact) mass is 492 g/mol. The Morgan fingerprint density at radius 2 is 1.16 bits per heavy atom. The summed E-state index contributed by atoms with van der Waals surface area (Å²) in [6.45, 7) is 1.11. The van der Waals surface area contributed by atoms with Gasteiger partial charge < -0.3 is 14.2 Å². The molecule has 0 aliphatic rings. The summed E-state index contributed by atoms with van der Waals surface area (Å²) in [6, 6.07) is 0. The first-order valence-corrected chi connectivity index (χ1v) is 9.08. The molecule has 0 aliphatic carbocycles. The second kappa shape index (κ2) is 11.6. The molecule has 0 spiro atoms. The fourth-order valence-electron chi connectivity index (χ4n) is 1.81. The second-order valence-electron chi connectivity index (χ2n) is 6.52. The highest BCUT2D eigenvalue weighted by atomic mass is 19.4. The van der Waals surface area contributed by atoms with Crippen LogP contribution >= 0.6 is 0 Å². The van der Waals surface area contributed by atoms with Gasteiger partial charge in [0.1, 0.15) is 13.2 Å². The summed E-state index contributed by atoms with van der Waals surface area (Å²) in [6.07, 6.45) is -10.2. The Labute approximate surface area is 176 Å². The Kier molecular flexibility index (Phi) is 10.8. The van der Waals surface area contributed by atoms with Crippen molar-refractivity contribution in [2.45, 2.75) is 63.5 Å². The van der Waals surface area contributed by atoms with E-state index < -0.39 is 67.7 Å². The van der Waals surface area contributed by atoms with Gasteiger partial charge in [0.15, 0.2) is 0 Å². The lowest BCUT2D eigenvalue weighted by Crippen LogP contribution is -2.61. The van der Waals surface area contributed by atoms with Crippen molar-refractivity contribution in [2.75, 3.05) is 19.8 Å². The van der Waals surface area contributed by atoms with Crippen molar-refractivity contribution in [1.29, 1.82) is 0 Å². The molecule has 0 fully saturated rings. The van der Waals surface area contributed by atoms with Crippen LogP contribution in [-0.4, -0.2) is 61.7 Å². The van der Waals surface area contributed by atoms with Crippen molar-refractivity contribution in [3.63, 3.8) is 0 Å². The Balaban J connectivity index is 4.37. The lowest BCUT2D eigenvalue weighted by molar-refractivity contribution is -0.397. The first-order valence-electron chi connectivity index (χ1n) is 9.08. The molecule has 0 amide bonds. The maximum Gasteiger partial charge on any atom is 0.460 e. The molecule has 0 saturated carbocycles. The highest BCUT2D eigenvalue weighted by molar-refractivity contribution is 5.77. The van der Waals surface area contributed by atoms with Crippen LogP contribution in [0.5, 0.6) is 0 Å². The number of rotatable bonds is 13. The topological polar surface area (TPSA) is 78.9 Å². The molecule has 0 aromatic rings. The minimum Gasteiger partial charge on any atom is -0.465 e. The van der Waals surface area contributed by atoms with E-state index >= 15 is 0 Å². The van der Waals surface area contributed by atoms with Gasteiger partial charge in [0.2, 0.25) is 0 Å². The molecule has 1 unspecified atom stereocenters. The molecule has 0 aromatic carbocycles. The average molecular weight is 492 g/mol. The van der Waals surface area contributed by atoms with Crippen LogP contribution in [-0.2, 0) is 28.6 Å². The maximum absolute atomic E-state index is 13.3. The lowest BCUT2D eigenvalue weighted by Gasteiger charge is -2.33. The van der Waals surface area contributed by atoms with Crippen LogP contribution in [0.15, 0.2) is 0 Å². The second-order valence-corrected chi connectivity index (χ2v) is 6.52. The van der Waals surface area contributed by atoms with E-state index in [1.54, 1.807) is 13.8 Å². The van der Waals surface area contributed by atoms with Crippen LogP contribution < -0.4 is 0 Å². The summed E-state index contributed by atoms with van der Waals surface area (Å²) in [7, 11) is 0. The normalized spacial score (nSPS) is 14.0. The number of ether oxygens (including phenoxy) is 3. The molecule has 15 heteroatoms. The third-order valence-corrected chi connectivity index (χ3v) is 4.03. The van der Waals surface area contributed by atoms with Crippen molar-refractivity contribution in [1.82, 2.24) is 0 Å². The minimum atomic E-state index is -7.03. The third kappa shape index (κ3) is 8.04. The zero-order valence-corrected chi connectivity index (χ0v) is 16.9. The van der Waals surface area contributed by atoms with Gasteiger partial charge in [0.05, 0.1) is 31.8 Å². The summed E-state index contributed by atoms with van der Waals surface area (Å²) in [5.74, 6) is -23.0. The molecule has 0 saturated heterocycles. The smallest absolute Gasteiger partial charge is 0.460 e. The van der Waals surface area contributed by atoms with Gasteiger partial charge in [0.25, 0.3) is 0 Å². The fraction of sp³-hybridized carbons (Fsp3) is 0.824. The molecular formula is C17H21F9O6. The van der Waals surface area contributed by atoms with E-state index in [0.29, 0.717) is 6.42 Å². The zero-order chi connectivity index (χ0) is 25.4. The molecule has 6 nitrogen and oxygen atoms in total. The number of halogens is 9. The van der Waals surface area contributed by atoms with Crippen molar-refractivity contribution < 1.29 is 68.1 Å². The van der Waals surface area contributed by atoms with Crippen LogP contribution in [0.1, 0.15) is 39.5 Å². The highest BCUT2D eigenvalue weighted by Gasteiger charge is 2.81. The zero-order valence-electron chi connectivity index (χ0n) is 16.9. The Morgan fingerprint density at radius 3 is 1.59 bits per heavy atom. The summed E-state index contributed by atoms with van der Waals surface area (Å²) < 4.78 is 127. The van der Waals surface area contributed by atoms with E-state index in [4.69, 9.17) is 4.74 Å². The molecule has 0 N–H and O–H groups in total. The van der Waals surface area contributed by atoms with Gasteiger partial charge in [-0.15, -0.1) is 0 Å². The Morgan fingerprint density at radius 1 is 0.719 bits per heavy atom. The summed E-state index contributed by atoms with van der Waals surface area (Å²) >= 11 is 0. The van der Waals surface area contributed by atoms with E-state index in [2.05, 4.69) is 9.47 Å². The van der Waals surface area contributed by atoms with E-state index in [-0.39, 0.29) is 19.1 Å². The molecule has 0 heterocycles. The largest absolute Gasteiger partial charge is 0.465 e. The molecule has 0 rings (SSSR count). The average Bonchev–Trinajstić information content (AvgIpc) is 2.67. The quantitative estimate of drug-likeness (QED) is 0.165. The lowest BCUT2D eigenvalue weighted by atomic mass is 10.0. The number of hydrogen-bond acceptors (Lipinski definition) is 6. The van der Waals surface area contributed by atoms with Gasteiger partial charge in [-0.1, -0.05) is 13.8 Å². The fourth-order valence-corrected chi connectivity index (χ4v) is 1.81. The first kappa shape index (κ1) is 29.8. The highest BCUT2D eigenvalue weighted by Crippen LogP contribution is 2.53. The number of hydrogen-bond donors (Lipinski definition) is 0. The maximum atomic E-state index is 13.3. The SMILES string of the molecule is CCC(C)C(=O)OCCOC(=O)CCC(=O)OCCC(F)(F)C(F)(F)C(F)(F)C(F)(F)F. The molecule has 188 valence electrons. The van der Waals surface area contributed by atoms with E-state index in [0.717, 1.165) is 0 Å². The van der Waals surface area contributed by atoms with Crippen LogP contribution in [0.25, 0.3) is 0 Å². The molecule has 0 aromatic heterocycles. The van der Waals surface area contributed by atoms with Crippen molar-refractivity contribution in [3.8, 4) is 0 Å². The van der Waals surface area contributed by atoms with Gasteiger partial charge in [-0.2, -0.15) is 39.5 Å². The van der Waals surface area contributed by atoms with Crippen LogP contribution in [0.4, 0.5) is 39.5 Å². The summed E-state index contributed by atoms with van der Waals surface area (Å²) in [5.41, 5.74) is 0. The van der Waals surface area contributed by atoms with Gasteiger partial charge in [-0.05, 0) is 6.42 Å². The van der Waals surface area contributed by atoms with E-state index in [9.17, 15) is 53.9 Å². The van der Waals surface area contributed by atoms with Gasteiger partial charge in [-0.25, -0.2) is 0 Å². The van der Waals surface area contributed by atoms with Gasteiger partial charge in [-0.3, -0.25) is 14.4 Å². The third-order valence-electron chi connectivity index (χ3n) is 4.03. The number of carbonyl (C=O) groups excluding carboxylic acids is 3. The molecular weight excluding hydrogens is 471 g/mol. The molecule has 0 aliphatic heterocycles. The predicted molar refractivity (Wildman–Crippen MR) is 87.1 cm³/mol. The van der Waals surface area contributed by atoms with Gasteiger partial charge >= 0.3 is 41.9 Å². The number of esters is 3. The Bertz CT molecular complexity index is 649. The predicted octanol–water partition coefficient (Wildman–Crippen LogP) is 4.30. The van der Waals surface area contributed by atoms with E-state index in [1.807, 2.05) is 0 Å². The van der Waals surface area contributed by atoms with Crippen molar-refractivity contribution in [3.05, 3.63) is 0 Å². The van der Waals surface area contributed by atoms with E-state index in [1.165, 1.54) is 0 Å². The van der Waals surface area contributed by atoms with Crippen LogP contribution in [0.3, 0.4) is 0 Å². The molecule has 32 heavy (non-hydrogen) atoms. The van der Waals surface area contributed by atoms with Gasteiger partial charge in [0, 0.05) is 0 Å². The van der Waals surface area contributed by atoms with Crippen LogP contribution in [0, 0.1) is 5.92 Å². The summed E-state index contributed by atoms with van der Waals surface area (Å²) in [4.78, 5) is 34.0. The standard InChI is InChI=1S/C17H21F9O6/c1-3-10(2)13(29)32-9-8-31-12(28)5-4-11(27)30-7-6-14(18,19)15(20,21)16(22,23)17(24,25)26/h10H,3-9H2,1-2H3. The first-order chi connectivity index (χ1) is 14.4. The van der Waals surface area contributed by atoms with Crippen molar-refractivity contribution in [2.24, 2.45) is 5.92 Å². The number of alkyl halides is 9. The number of carbonyl (C=O) groups is 3. The minimum absolute atomic E-state index is 0.273. The molecule has 0 bridgehead atoms. The molecule has 1 atom stereocenters. The van der Waals surface area contributed by atoms with Crippen molar-refractivity contribution >= 4 is 17.9 Å². The van der Waals surface area contributed by atoms with Crippen LogP contribution in [0.2, 0.25) is 0 Å². The Hall–Kier alpha value is -2.22. The summed E-state index contributed by atoms with van der Waals surface area (Å²) in [5, 5.41) is 0.